The van der Waals surface area contributed by atoms with Crippen molar-refractivity contribution >= 4 is 5.65 Å². The van der Waals surface area contributed by atoms with E-state index in [1.54, 1.807) is 16.7 Å². The molecule has 0 aliphatic rings. The molecule has 0 aromatic carbocycles. The summed E-state index contributed by atoms with van der Waals surface area (Å²) in [5.41, 5.74) is 1.50. The Hall–Kier alpha value is -1.42. The molecule has 1 N–H and O–H groups in total. The molecule has 98 valence electrons. The predicted molar refractivity (Wildman–Crippen MR) is 69.1 cm³/mol. The van der Waals surface area contributed by atoms with Gasteiger partial charge in [0, 0.05) is 11.6 Å². The number of aromatic nitrogens is 2. The first kappa shape index (κ1) is 13.0. The number of rotatable bonds is 2. The zero-order valence-corrected chi connectivity index (χ0v) is 11.2. The second-order valence-corrected chi connectivity index (χ2v) is 5.57. The molecule has 2 rings (SSSR count). The third kappa shape index (κ3) is 2.01. The van der Waals surface area contributed by atoms with Crippen LogP contribution in [0.15, 0.2) is 18.3 Å². The summed E-state index contributed by atoms with van der Waals surface area (Å²) in [5, 5.41) is 10.2. The maximum Gasteiger partial charge on any atom is 0.173 e. The molecule has 0 bridgehead atoms. The summed E-state index contributed by atoms with van der Waals surface area (Å²) >= 11 is 0. The number of hydrogen-bond acceptors (Lipinski definition) is 2. The maximum atomic E-state index is 13.8. The Kier molecular flexibility index (Phi) is 3.15. The number of aliphatic hydroxyl groups is 1. The minimum atomic E-state index is -0.629. The first-order chi connectivity index (χ1) is 8.36. The van der Waals surface area contributed by atoms with E-state index in [0.29, 0.717) is 12.1 Å². The molecular formula is C14H19FN2O. The molecule has 18 heavy (non-hydrogen) atoms. The largest absolute Gasteiger partial charge is 0.387 e. The summed E-state index contributed by atoms with van der Waals surface area (Å²) in [6.45, 7) is 7.94. The van der Waals surface area contributed by atoms with Gasteiger partial charge in [-0.25, -0.2) is 9.37 Å². The van der Waals surface area contributed by atoms with Crippen molar-refractivity contribution in [3.63, 3.8) is 0 Å². The van der Waals surface area contributed by atoms with Crippen LogP contribution in [-0.4, -0.2) is 14.5 Å². The molecule has 2 aromatic heterocycles. The molecule has 0 aliphatic carbocycles. The highest BCUT2D eigenvalue weighted by Crippen LogP contribution is 2.31. The van der Waals surface area contributed by atoms with Gasteiger partial charge in [-0.15, -0.1) is 0 Å². The van der Waals surface area contributed by atoms with E-state index in [0.717, 1.165) is 5.69 Å². The normalized spacial score (nSPS) is 14.1. The summed E-state index contributed by atoms with van der Waals surface area (Å²) in [4.78, 5) is 4.38. The van der Waals surface area contributed by atoms with E-state index in [9.17, 15) is 9.50 Å². The van der Waals surface area contributed by atoms with Gasteiger partial charge in [-0.1, -0.05) is 27.7 Å². The molecule has 4 heteroatoms. The summed E-state index contributed by atoms with van der Waals surface area (Å²) in [7, 11) is 0. The standard InChI is InChI=1S/C14H19FN2O/c1-5-10(18)11-12(14(2,3)4)16-13-9(15)7-6-8-17(11)13/h6-8,10,18H,5H2,1-4H3. The molecule has 2 heterocycles. The van der Waals surface area contributed by atoms with Crippen LogP contribution >= 0.6 is 0 Å². The van der Waals surface area contributed by atoms with E-state index in [1.807, 2.05) is 27.7 Å². The van der Waals surface area contributed by atoms with Crippen LogP contribution in [0, 0.1) is 5.82 Å². The van der Waals surface area contributed by atoms with Gasteiger partial charge in [0.15, 0.2) is 11.5 Å². The number of halogens is 1. The number of pyridine rings is 1. The van der Waals surface area contributed by atoms with Crippen molar-refractivity contribution in [2.75, 3.05) is 0 Å². The molecular weight excluding hydrogens is 231 g/mol. The van der Waals surface area contributed by atoms with Crippen molar-refractivity contribution in [2.45, 2.75) is 45.6 Å². The lowest BCUT2D eigenvalue weighted by Gasteiger charge is -2.20. The van der Waals surface area contributed by atoms with Gasteiger partial charge in [0.1, 0.15) is 0 Å². The number of aliphatic hydroxyl groups excluding tert-OH is 1. The van der Waals surface area contributed by atoms with Crippen molar-refractivity contribution in [3.05, 3.63) is 35.5 Å². The predicted octanol–water partition coefficient (Wildman–Crippen LogP) is 3.21. The second-order valence-electron chi connectivity index (χ2n) is 5.57. The lowest BCUT2D eigenvalue weighted by atomic mass is 9.89. The highest BCUT2D eigenvalue weighted by molar-refractivity contribution is 5.47. The van der Waals surface area contributed by atoms with Crippen molar-refractivity contribution in [1.82, 2.24) is 9.38 Å². The number of hydrogen-bond donors (Lipinski definition) is 1. The van der Waals surface area contributed by atoms with Crippen molar-refractivity contribution in [1.29, 1.82) is 0 Å². The van der Waals surface area contributed by atoms with Crippen LogP contribution in [0.3, 0.4) is 0 Å². The average molecular weight is 250 g/mol. The fourth-order valence-electron chi connectivity index (χ4n) is 2.12. The zero-order valence-electron chi connectivity index (χ0n) is 11.2. The highest BCUT2D eigenvalue weighted by atomic mass is 19.1. The first-order valence-electron chi connectivity index (χ1n) is 6.21. The van der Waals surface area contributed by atoms with Gasteiger partial charge in [-0.2, -0.15) is 0 Å². The highest BCUT2D eigenvalue weighted by Gasteiger charge is 2.27. The number of nitrogens with zero attached hydrogens (tertiary/aromatic N) is 2. The fourth-order valence-corrected chi connectivity index (χ4v) is 2.12. The van der Waals surface area contributed by atoms with Crippen LogP contribution < -0.4 is 0 Å². The third-order valence-electron chi connectivity index (χ3n) is 3.05. The Balaban J connectivity index is 2.81. The number of imidazole rings is 1. The van der Waals surface area contributed by atoms with Crippen molar-refractivity contribution < 1.29 is 9.50 Å². The second kappa shape index (κ2) is 4.35. The Bertz CT molecular complexity index is 569. The molecule has 0 spiro atoms. The average Bonchev–Trinajstić information content (AvgIpc) is 2.68. The summed E-state index contributed by atoms with van der Waals surface area (Å²) in [6.07, 6.45) is 1.69. The van der Waals surface area contributed by atoms with Gasteiger partial charge in [-0.05, 0) is 18.6 Å². The Morgan fingerprint density at radius 3 is 2.67 bits per heavy atom. The molecule has 0 aliphatic heterocycles. The SMILES string of the molecule is CCC(O)c1c(C(C)(C)C)nc2c(F)cccn12. The minimum absolute atomic E-state index is 0.232. The van der Waals surface area contributed by atoms with Crippen molar-refractivity contribution in [2.24, 2.45) is 0 Å². The maximum absolute atomic E-state index is 13.8. The van der Waals surface area contributed by atoms with Crippen LogP contribution in [0.1, 0.15) is 51.6 Å². The number of fused-ring (bicyclic) bond motifs is 1. The Morgan fingerprint density at radius 1 is 1.44 bits per heavy atom. The van der Waals surface area contributed by atoms with Crippen LogP contribution in [-0.2, 0) is 5.41 Å². The van der Waals surface area contributed by atoms with Crippen LogP contribution in [0.5, 0.6) is 0 Å². The van der Waals surface area contributed by atoms with Gasteiger partial charge >= 0.3 is 0 Å². The molecule has 0 saturated carbocycles. The lowest BCUT2D eigenvalue weighted by molar-refractivity contribution is 0.165. The molecule has 0 fully saturated rings. The van der Waals surface area contributed by atoms with E-state index in [4.69, 9.17) is 0 Å². The third-order valence-corrected chi connectivity index (χ3v) is 3.05. The molecule has 1 atom stereocenters. The zero-order chi connectivity index (χ0) is 13.5. The monoisotopic (exact) mass is 250 g/mol. The summed E-state index contributed by atoms with van der Waals surface area (Å²) < 4.78 is 15.4. The topological polar surface area (TPSA) is 37.5 Å². The van der Waals surface area contributed by atoms with Gasteiger partial charge in [0.2, 0.25) is 0 Å². The molecule has 1 unspecified atom stereocenters. The molecule has 0 amide bonds. The Labute approximate surface area is 106 Å². The van der Waals surface area contributed by atoms with Crippen LogP contribution in [0.4, 0.5) is 4.39 Å². The van der Waals surface area contributed by atoms with Gasteiger partial charge in [-0.3, -0.25) is 4.40 Å². The summed E-state index contributed by atoms with van der Waals surface area (Å²) in [5.74, 6) is -0.363. The van der Waals surface area contributed by atoms with Crippen molar-refractivity contribution in [3.8, 4) is 0 Å². The van der Waals surface area contributed by atoms with E-state index in [-0.39, 0.29) is 16.9 Å². The minimum Gasteiger partial charge on any atom is -0.387 e. The van der Waals surface area contributed by atoms with Gasteiger partial charge in [0.05, 0.1) is 17.5 Å². The summed E-state index contributed by atoms with van der Waals surface area (Å²) in [6, 6.07) is 3.01. The van der Waals surface area contributed by atoms with E-state index >= 15 is 0 Å². The smallest absolute Gasteiger partial charge is 0.173 e. The fraction of sp³-hybridized carbons (Fsp3) is 0.500. The van der Waals surface area contributed by atoms with Crippen LogP contribution in [0.25, 0.3) is 5.65 Å². The molecule has 0 radical (unpaired) electrons. The van der Waals surface area contributed by atoms with E-state index in [1.165, 1.54) is 6.07 Å². The van der Waals surface area contributed by atoms with E-state index < -0.39 is 6.10 Å². The van der Waals surface area contributed by atoms with Gasteiger partial charge < -0.3 is 5.11 Å². The van der Waals surface area contributed by atoms with Gasteiger partial charge in [0.25, 0.3) is 0 Å². The van der Waals surface area contributed by atoms with E-state index in [2.05, 4.69) is 4.98 Å². The lowest BCUT2D eigenvalue weighted by Crippen LogP contribution is -2.16. The Morgan fingerprint density at radius 2 is 2.11 bits per heavy atom. The molecule has 0 saturated heterocycles. The quantitative estimate of drug-likeness (QED) is 0.888. The van der Waals surface area contributed by atoms with Crippen LogP contribution in [0.2, 0.25) is 0 Å². The molecule has 3 nitrogen and oxygen atoms in total. The molecule has 2 aromatic rings. The first-order valence-corrected chi connectivity index (χ1v) is 6.21.